The van der Waals surface area contributed by atoms with Gasteiger partial charge in [0.2, 0.25) is 0 Å². The zero-order chi connectivity index (χ0) is 20.3. The number of ether oxygens (including phenoxy) is 1. The normalized spacial score (nSPS) is 16.1. The molecule has 150 valence electrons. The number of primary amides is 2. The molecule has 0 radical (unpaired) electrons. The molecular formula is C18H20F2N4O3S. The lowest BCUT2D eigenvalue weighted by atomic mass is 10.1. The molecule has 1 fully saturated rings. The molecule has 3 amide bonds. The fourth-order valence-corrected chi connectivity index (χ4v) is 4.09. The molecule has 0 aliphatic carbocycles. The minimum atomic E-state index is -2.64. The van der Waals surface area contributed by atoms with Crippen molar-refractivity contribution in [3.63, 3.8) is 0 Å². The SMILES string of the molecule is NC(=O)Nc1sc(-c2ccccc2OCCN2CCC(F)(F)C2)cc1C(N)=O. The summed E-state index contributed by atoms with van der Waals surface area (Å²) >= 11 is 1.14. The van der Waals surface area contributed by atoms with Crippen LogP contribution in [0.3, 0.4) is 0 Å². The topological polar surface area (TPSA) is 111 Å². The number of benzene rings is 1. The number of likely N-dealkylation sites (tertiary alicyclic amines) is 1. The van der Waals surface area contributed by atoms with Gasteiger partial charge in [-0.05, 0) is 18.2 Å². The number of para-hydroxylation sites is 1. The molecule has 10 heteroatoms. The third-order valence-corrected chi connectivity index (χ3v) is 5.38. The Balaban J connectivity index is 1.75. The summed E-state index contributed by atoms with van der Waals surface area (Å²) in [5, 5.41) is 2.64. The highest BCUT2D eigenvalue weighted by Crippen LogP contribution is 2.39. The molecule has 7 nitrogen and oxygen atoms in total. The van der Waals surface area contributed by atoms with E-state index in [1.807, 2.05) is 0 Å². The predicted octanol–water partition coefficient (Wildman–Crippen LogP) is 2.72. The van der Waals surface area contributed by atoms with Gasteiger partial charge in [0, 0.05) is 30.0 Å². The van der Waals surface area contributed by atoms with E-state index in [0.29, 0.717) is 29.3 Å². The summed E-state index contributed by atoms with van der Waals surface area (Å²) in [6.45, 7) is 0.711. The zero-order valence-electron chi connectivity index (χ0n) is 14.9. The molecule has 0 saturated carbocycles. The second-order valence-electron chi connectivity index (χ2n) is 6.43. The molecule has 2 aromatic rings. The number of rotatable bonds is 7. The lowest BCUT2D eigenvalue weighted by molar-refractivity contribution is 0.0113. The van der Waals surface area contributed by atoms with Crippen molar-refractivity contribution in [3.8, 4) is 16.2 Å². The Hall–Kier alpha value is -2.72. The number of anilines is 1. The van der Waals surface area contributed by atoms with Crippen molar-refractivity contribution in [2.45, 2.75) is 12.3 Å². The van der Waals surface area contributed by atoms with Crippen LogP contribution < -0.4 is 21.5 Å². The standard InChI is InChI=1S/C18H20F2N4O3S/c19-18(20)5-6-24(10-18)7-8-27-13-4-2-1-3-11(13)14-9-12(15(21)25)16(28-14)23-17(22)26/h1-4,9H,5-8,10H2,(H2,21,25)(H3,22,23,26). The molecule has 2 heterocycles. The number of hydrogen-bond donors (Lipinski definition) is 3. The van der Waals surface area contributed by atoms with Gasteiger partial charge >= 0.3 is 6.03 Å². The van der Waals surface area contributed by atoms with Gasteiger partial charge in [0.1, 0.15) is 17.4 Å². The van der Waals surface area contributed by atoms with Crippen LogP contribution in [0.1, 0.15) is 16.8 Å². The molecular weight excluding hydrogens is 390 g/mol. The van der Waals surface area contributed by atoms with Crippen LogP contribution in [-0.4, -0.2) is 49.0 Å². The fraction of sp³-hybridized carbons (Fsp3) is 0.333. The van der Waals surface area contributed by atoms with Crippen LogP contribution in [0.4, 0.5) is 18.6 Å². The minimum absolute atomic E-state index is 0.135. The second kappa shape index (κ2) is 8.11. The number of nitrogens with two attached hydrogens (primary N) is 2. The van der Waals surface area contributed by atoms with Crippen LogP contribution in [0.2, 0.25) is 0 Å². The summed E-state index contributed by atoms with van der Waals surface area (Å²) in [5.74, 6) is -2.79. The van der Waals surface area contributed by atoms with Crippen LogP contribution in [0.15, 0.2) is 30.3 Å². The molecule has 1 aromatic carbocycles. The molecule has 0 unspecified atom stereocenters. The lowest BCUT2D eigenvalue weighted by Gasteiger charge is -2.16. The Bertz CT molecular complexity index is 887. The summed E-state index contributed by atoms with van der Waals surface area (Å²) in [6, 6.07) is 7.88. The van der Waals surface area contributed by atoms with E-state index < -0.39 is 17.9 Å². The van der Waals surface area contributed by atoms with Gasteiger partial charge in [-0.3, -0.25) is 15.0 Å². The molecule has 5 N–H and O–H groups in total. The van der Waals surface area contributed by atoms with E-state index in [0.717, 1.165) is 11.3 Å². The molecule has 3 rings (SSSR count). The number of carbonyl (C=O) groups excluding carboxylic acids is 2. The summed E-state index contributed by atoms with van der Waals surface area (Å²) < 4.78 is 32.3. The van der Waals surface area contributed by atoms with Crippen molar-refractivity contribution in [3.05, 3.63) is 35.9 Å². The van der Waals surface area contributed by atoms with Gasteiger partial charge in [0.15, 0.2) is 0 Å². The van der Waals surface area contributed by atoms with Crippen LogP contribution in [-0.2, 0) is 0 Å². The van der Waals surface area contributed by atoms with Gasteiger partial charge in [-0.25, -0.2) is 13.6 Å². The Labute approximate surface area is 164 Å². The zero-order valence-corrected chi connectivity index (χ0v) is 15.7. The van der Waals surface area contributed by atoms with Crippen LogP contribution in [0.25, 0.3) is 10.4 Å². The Kier molecular flexibility index (Phi) is 5.80. The van der Waals surface area contributed by atoms with Crippen molar-refractivity contribution in [2.24, 2.45) is 11.5 Å². The highest BCUT2D eigenvalue weighted by atomic mass is 32.1. The van der Waals surface area contributed by atoms with E-state index in [9.17, 15) is 18.4 Å². The molecule has 0 bridgehead atoms. The van der Waals surface area contributed by atoms with Gasteiger partial charge in [-0.15, -0.1) is 11.3 Å². The molecule has 1 aliphatic heterocycles. The van der Waals surface area contributed by atoms with Crippen molar-refractivity contribution in [1.29, 1.82) is 0 Å². The second-order valence-corrected chi connectivity index (χ2v) is 7.49. The van der Waals surface area contributed by atoms with Crippen molar-refractivity contribution in [2.75, 3.05) is 31.6 Å². The highest BCUT2D eigenvalue weighted by molar-refractivity contribution is 7.20. The van der Waals surface area contributed by atoms with E-state index in [-0.39, 0.29) is 30.1 Å². The number of hydrogen-bond acceptors (Lipinski definition) is 5. The van der Waals surface area contributed by atoms with Crippen molar-refractivity contribution >= 4 is 28.3 Å². The Morgan fingerprint density at radius 1 is 1.29 bits per heavy atom. The number of alkyl halides is 2. The highest BCUT2D eigenvalue weighted by Gasteiger charge is 2.37. The molecule has 1 aromatic heterocycles. The maximum Gasteiger partial charge on any atom is 0.317 e. The number of amides is 3. The first-order chi connectivity index (χ1) is 13.2. The van der Waals surface area contributed by atoms with Crippen LogP contribution in [0, 0.1) is 0 Å². The van der Waals surface area contributed by atoms with Gasteiger partial charge < -0.3 is 16.2 Å². The predicted molar refractivity (Wildman–Crippen MR) is 103 cm³/mol. The van der Waals surface area contributed by atoms with E-state index >= 15 is 0 Å². The summed E-state index contributed by atoms with van der Waals surface area (Å²) in [5.41, 5.74) is 11.3. The number of thiophene rings is 1. The first-order valence-corrected chi connectivity index (χ1v) is 9.39. The Morgan fingerprint density at radius 2 is 2.04 bits per heavy atom. The summed E-state index contributed by atoms with van der Waals surface area (Å²) in [7, 11) is 0. The van der Waals surface area contributed by atoms with Crippen molar-refractivity contribution in [1.82, 2.24) is 4.90 Å². The molecule has 1 saturated heterocycles. The summed E-state index contributed by atoms with van der Waals surface area (Å²) in [4.78, 5) is 25.1. The van der Waals surface area contributed by atoms with Gasteiger partial charge in [-0.1, -0.05) is 12.1 Å². The summed E-state index contributed by atoms with van der Waals surface area (Å²) in [6.07, 6.45) is -0.135. The molecule has 0 spiro atoms. The number of urea groups is 1. The number of halogens is 2. The third kappa shape index (κ3) is 4.76. The smallest absolute Gasteiger partial charge is 0.317 e. The first-order valence-electron chi connectivity index (χ1n) is 8.58. The lowest BCUT2D eigenvalue weighted by Crippen LogP contribution is -2.29. The maximum atomic E-state index is 13.3. The number of nitrogens with one attached hydrogen (secondary N) is 1. The van der Waals surface area contributed by atoms with Gasteiger partial charge in [-0.2, -0.15) is 0 Å². The first kappa shape index (κ1) is 20.0. The Morgan fingerprint density at radius 3 is 2.68 bits per heavy atom. The number of nitrogens with zero attached hydrogens (tertiary/aromatic N) is 1. The van der Waals surface area contributed by atoms with E-state index in [4.69, 9.17) is 16.2 Å². The largest absolute Gasteiger partial charge is 0.492 e. The van der Waals surface area contributed by atoms with E-state index in [2.05, 4.69) is 5.32 Å². The average molecular weight is 410 g/mol. The van der Waals surface area contributed by atoms with Crippen LogP contribution in [0.5, 0.6) is 5.75 Å². The van der Waals surface area contributed by atoms with Gasteiger partial charge in [0.05, 0.1) is 12.1 Å². The maximum absolute atomic E-state index is 13.3. The quantitative estimate of drug-likeness (QED) is 0.652. The molecule has 28 heavy (non-hydrogen) atoms. The molecule has 0 atom stereocenters. The third-order valence-electron chi connectivity index (χ3n) is 4.30. The van der Waals surface area contributed by atoms with E-state index in [1.165, 1.54) is 0 Å². The minimum Gasteiger partial charge on any atom is -0.492 e. The number of carbonyl (C=O) groups is 2. The molecule has 1 aliphatic rings. The fourth-order valence-electron chi connectivity index (χ4n) is 2.99. The van der Waals surface area contributed by atoms with E-state index in [1.54, 1.807) is 35.2 Å². The average Bonchev–Trinajstić information content (AvgIpc) is 3.18. The monoisotopic (exact) mass is 410 g/mol. The van der Waals surface area contributed by atoms with Crippen LogP contribution >= 0.6 is 11.3 Å². The van der Waals surface area contributed by atoms with Gasteiger partial charge in [0.25, 0.3) is 11.8 Å². The van der Waals surface area contributed by atoms with Crippen molar-refractivity contribution < 1.29 is 23.1 Å².